The zero-order valence-electron chi connectivity index (χ0n) is 18.7. The van der Waals surface area contributed by atoms with E-state index in [2.05, 4.69) is 37.6 Å². The van der Waals surface area contributed by atoms with Crippen molar-refractivity contribution in [3.05, 3.63) is 84.2 Å². The van der Waals surface area contributed by atoms with E-state index in [-0.39, 0.29) is 18.2 Å². The highest BCUT2D eigenvalue weighted by Crippen LogP contribution is 2.29. The average Bonchev–Trinajstić information content (AvgIpc) is 3.20. The molecule has 4 heterocycles. The Bertz CT molecular complexity index is 1490. The first-order chi connectivity index (χ1) is 17.0. The van der Waals surface area contributed by atoms with Gasteiger partial charge in [-0.05, 0) is 48.8 Å². The van der Waals surface area contributed by atoms with Crippen molar-refractivity contribution in [2.24, 2.45) is 0 Å². The van der Waals surface area contributed by atoms with E-state index in [1.165, 1.54) is 0 Å². The molecule has 2 amide bonds. The van der Waals surface area contributed by atoms with Crippen molar-refractivity contribution >= 4 is 35.2 Å². The van der Waals surface area contributed by atoms with Gasteiger partial charge in [0.25, 0.3) is 5.91 Å². The smallest absolute Gasteiger partial charge is 0.256 e. The zero-order valence-corrected chi connectivity index (χ0v) is 18.7. The van der Waals surface area contributed by atoms with E-state index in [0.717, 1.165) is 35.5 Å². The van der Waals surface area contributed by atoms with Crippen LogP contribution in [0.2, 0.25) is 0 Å². The van der Waals surface area contributed by atoms with E-state index in [0.29, 0.717) is 28.8 Å². The summed E-state index contributed by atoms with van der Waals surface area (Å²) in [7, 11) is 0. The van der Waals surface area contributed by atoms with Crippen molar-refractivity contribution in [3.8, 4) is 5.69 Å². The van der Waals surface area contributed by atoms with E-state index in [4.69, 9.17) is 0 Å². The van der Waals surface area contributed by atoms with Crippen LogP contribution >= 0.6 is 0 Å². The summed E-state index contributed by atoms with van der Waals surface area (Å²) in [5.74, 6) is 0.792. The standard InChI is InChI=1S/C25H22N8O2/c1-15-17(11-23(34)28-15)10-18-13-27-33-22(29-19-4-5-19)12-21(30-24(18)33)31-25(35)16-2-6-20(7-3-16)32-9-8-26-14-32/h2-3,6-10,12-14,19,29H,1,4-5,11H2,(H,28,34)(H,30,31,35)/b17-10+. The molecule has 174 valence electrons. The van der Waals surface area contributed by atoms with Gasteiger partial charge >= 0.3 is 0 Å². The molecule has 1 aromatic carbocycles. The maximum Gasteiger partial charge on any atom is 0.256 e. The number of rotatable bonds is 6. The first-order valence-corrected chi connectivity index (χ1v) is 11.3. The second-order valence-electron chi connectivity index (χ2n) is 8.62. The van der Waals surface area contributed by atoms with Gasteiger partial charge in [-0.2, -0.15) is 9.61 Å². The molecule has 3 aromatic heterocycles. The van der Waals surface area contributed by atoms with Gasteiger partial charge in [-0.25, -0.2) is 9.97 Å². The van der Waals surface area contributed by atoms with Crippen LogP contribution in [0.25, 0.3) is 17.4 Å². The summed E-state index contributed by atoms with van der Waals surface area (Å²) in [5.41, 5.74) is 4.09. The SMILES string of the molecule is C=C1NC(=O)C/C1=C\c1cnn2c(NC3CC3)cc(NC(=O)c3ccc(-n4ccnc4)cc3)nc12. The molecule has 1 aliphatic carbocycles. The van der Waals surface area contributed by atoms with Gasteiger partial charge in [-0.3, -0.25) is 9.59 Å². The largest absolute Gasteiger partial charge is 0.367 e. The number of anilines is 2. The van der Waals surface area contributed by atoms with Gasteiger partial charge in [-0.1, -0.05) is 6.58 Å². The quantitative estimate of drug-likeness (QED) is 0.402. The molecule has 10 heteroatoms. The second-order valence-corrected chi connectivity index (χ2v) is 8.62. The molecule has 1 aliphatic heterocycles. The Balaban J connectivity index is 1.32. The van der Waals surface area contributed by atoms with Gasteiger partial charge < -0.3 is 20.5 Å². The summed E-state index contributed by atoms with van der Waals surface area (Å²) in [6, 6.07) is 9.40. The van der Waals surface area contributed by atoms with Crippen LogP contribution in [-0.2, 0) is 4.79 Å². The molecular weight excluding hydrogens is 444 g/mol. The molecule has 1 saturated carbocycles. The summed E-state index contributed by atoms with van der Waals surface area (Å²) in [6.45, 7) is 3.90. The number of hydrogen-bond acceptors (Lipinski definition) is 6. The Morgan fingerprint density at radius 2 is 2.06 bits per heavy atom. The fourth-order valence-electron chi connectivity index (χ4n) is 3.97. The molecule has 2 fully saturated rings. The normalized spacial score (nSPS) is 16.6. The van der Waals surface area contributed by atoms with E-state index in [9.17, 15) is 9.59 Å². The third kappa shape index (κ3) is 4.17. The van der Waals surface area contributed by atoms with Crippen LogP contribution < -0.4 is 16.0 Å². The maximum absolute atomic E-state index is 13.0. The molecule has 10 nitrogen and oxygen atoms in total. The topological polar surface area (TPSA) is 118 Å². The number of imidazole rings is 1. The first kappa shape index (κ1) is 20.8. The molecule has 2 aliphatic rings. The molecule has 0 unspecified atom stereocenters. The summed E-state index contributed by atoms with van der Waals surface area (Å²) >= 11 is 0. The van der Waals surface area contributed by atoms with Crippen molar-refractivity contribution in [2.75, 3.05) is 10.6 Å². The highest BCUT2D eigenvalue weighted by molar-refractivity contribution is 6.04. The molecule has 0 spiro atoms. The summed E-state index contributed by atoms with van der Waals surface area (Å²) < 4.78 is 3.58. The van der Waals surface area contributed by atoms with Crippen molar-refractivity contribution in [2.45, 2.75) is 25.3 Å². The zero-order chi connectivity index (χ0) is 23.9. The van der Waals surface area contributed by atoms with Crippen molar-refractivity contribution < 1.29 is 9.59 Å². The average molecular weight is 467 g/mol. The molecule has 35 heavy (non-hydrogen) atoms. The third-order valence-corrected chi connectivity index (χ3v) is 5.96. The highest BCUT2D eigenvalue weighted by atomic mass is 16.2. The lowest BCUT2D eigenvalue weighted by Gasteiger charge is -2.11. The second kappa shape index (κ2) is 8.24. The fraction of sp³-hybridized carbons (Fsp3) is 0.160. The van der Waals surface area contributed by atoms with Gasteiger partial charge in [0.15, 0.2) is 5.65 Å². The number of amides is 2. The number of allylic oxidation sites excluding steroid dienone is 1. The van der Waals surface area contributed by atoms with Gasteiger partial charge in [0, 0.05) is 47.0 Å². The van der Waals surface area contributed by atoms with Crippen molar-refractivity contribution in [3.63, 3.8) is 0 Å². The van der Waals surface area contributed by atoms with Gasteiger partial charge in [-0.15, -0.1) is 0 Å². The Kier molecular flexibility index (Phi) is 4.91. The van der Waals surface area contributed by atoms with Crippen LogP contribution in [0.5, 0.6) is 0 Å². The number of hydrogen-bond donors (Lipinski definition) is 3. The molecule has 0 radical (unpaired) electrons. The van der Waals surface area contributed by atoms with Crippen LogP contribution in [-0.4, -0.2) is 42.0 Å². The number of fused-ring (bicyclic) bond motifs is 1. The summed E-state index contributed by atoms with van der Waals surface area (Å²) in [4.78, 5) is 33.4. The van der Waals surface area contributed by atoms with Crippen LogP contribution in [0, 0.1) is 0 Å². The van der Waals surface area contributed by atoms with Gasteiger partial charge in [0.2, 0.25) is 5.91 Å². The monoisotopic (exact) mass is 466 g/mol. The minimum atomic E-state index is -0.269. The summed E-state index contributed by atoms with van der Waals surface area (Å²) in [5, 5.41) is 13.6. The maximum atomic E-state index is 13.0. The Hall–Kier alpha value is -4.73. The molecule has 3 N–H and O–H groups in total. The molecular formula is C25H22N8O2. The van der Waals surface area contributed by atoms with Crippen LogP contribution in [0.15, 0.2) is 73.1 Å². The number of nitrogens with one attached hydrogen (secondary N) is 3. The number of carbonyl (C=O) groups excluding carboxylic acids is 2. The van der Waals surface area contributed by atoms with Crippen LogP contribution in [0.4, 0.5) is 11.6 Å². The summed E-state index contributed by atoms with van der Waals surface area (Å²) in [6.07, 6.45) is 11.2. The predicted octanol–water partition coefficient (Wildman–Crippen LogP) is 3.16. The Morgan fingerprint density at radius 1 is 1.23 bits per heavy atom. The van der Waals surface area contributed by atoms with E-state index < -0.39 is 0 Å². The lowest BCUT2D eigenvalue weighted by Crippen LogP contribution is -2.15. The van der Waals surface area contributed by atoms with E-state index >= 15 is 0 Å². The lowest BCUT2D eigenvalue weighted by atomic mass is 10.1. The van der Waals surface area contributed by atoms with E-state index in [1.807, 2.05) is 29.0 Å². The number of aromatic nitrogens is 5. The van der Waals surface area contributed by atoms with Crippen LogP contribution in [0.1, 0.15) is 35.2 Å². The minimum absolute atomic E-state index is 0.0891. The molecule has 0 atom stereocenters. The minimum Gasteiger partial charge on any atom is -0.367 e. The lowest BCUT2D eigenvalue weighted by molar-refractivity contribution is -0.118. The van der Waals surface area contributed by atoms with Crippen molar-refractivity contribution in [1.82, 2.24) is 29.5 Å². The highest BCUT2D eigenvalue weighted by Gasteiger charge is 2.24. The number of nitrogens with zero attached hydrogens (tertiary/aromatic N) is 5. The van der Waals surface area contributed by atoms with Gasteiger partial charge in [0.1, 0.15) is 11.6 Å². The first-order valence-electron chi connectivity index (χ1n) is 11.3. The molecule has 1 saturated heterocycles. The fourth-order valence-corrected chi connectivity index (χ4v) is 3.97. The van der Waals surface area contributed by atoms with E-state index in [1.54, 1.807) is 41.4 Å². The number of carbonyl (C=O) groups is 2. The van der Waals surface area contributed by atoms with Gasteiger partial charge in [0.05, 0.1) is 18.9 Å². The Morgan fingerprint density at radius 3 is 2.74 bits per heavy atom. The third-order valence-electron chi connectivity index (χ3n) is 5.96. The molecule has 0 bridgehead atoms. The predicted molar refractivity (Wildman–Crippen MR) is 131 cm³/mol. The van der Waals surface area contributed by atoms with Crippen LogP contribution in [0.3, 0.4) is 0 Å². The number of benzene rings is 1. The Labute approximate surface area is 200 Å². The molecule has 6 rings (SSSR count). The molecule has 4 aromatic rings. The van der Waals surface area contributed by atoms with Crippen molar-refractivity contribution in [1.29, 1.82) is 0 Å².